The minimum absolute atomic E-state index is 0.275. The van der Waals surface area contributed by atoms with Gasteiger partial charge in [-0.25, -0.2) is 0 Å². The zero-order chi connectivity index (χ0) is 10.1. The summed E-state index contributed by atoms with van der Waals surface area (Å²) in [6.45, 7) is 1.68. The van der Waals surface area contributed by atoms with E-state index in [1.54, 1.807) is 6.92 Å². The summed E-state index contributed by atoms with van der Waals surface area (Å²) in [7, 11) is -4.36. The number of aryl methyl sites for hydroxylation is 1. The number of hydrogen-bond acceptors (Lipinski definition) is 4. The first-order valence-electron chi connectivity index (χ1n) is 3.36. The van der Waals surface area contributed by atoms with Gasteiger partial charge in [-0.3, -0.25) is 4.55 Å². The van der Waals surface area contributed by atoms with Gasteiger partial charge in [0, 0.05) is 0 Å². The monoisotopic (exact) mass is 201 g/mol. The standard InChI is InChI=1S/C7H7NO4S/c1-5-2-3-7(13(10,11)12)6(4-5)8-9/h2-4H,1H3,(H,10,11,12). The Labute approximate surface area is 75.1 Å². The lowest BCUT2D eigenvalue weighted by molar-refractivity contribution is 0.483. The molecule has 13 heavy (non-hydrogen) atoms. The largest absolute Gasteiger partial charge is 0.296 e. The van der Waals surface area contributed by atoms with Gasteiger partial charge in [0.1, 0.15) is 10.6 Å². The fourth-order valence-corrected chi connectivity index (χ4v) is 1.52. The zero-order valence-corrected chi connectivity index (χ0v) is 7.58. The molecule has 0 aliphatic heterocycles. The summed E-state index contributed by atoms with van der Waals surface area (Å²) in [5.41, 5.74) is 0.421. The fraction of sp³-hybridized carbons (Fsp3) is 0.143. The maximum Gasteiger partial charge on any atom is 0.296 e. The van der Waals surface area contributed by atoms with Gasteiger partial charge in [-0.1, -0.05) is 6.07 Å². The summed E-state index contributed by atoms with van der Waals surface area (Å²) < 4.78 is 30.0. The molecule has 0 unspecified atom stereocenters. The van der Waals surface area contributed by atoms with Crippen molar-refractivity contribution in [3.05, 3.63) is 28.7 Å². The smallest absolute Gasteiger partial charge is 0.282 e. The van der Waals surface area contributed by atoms with E-state index in [4.69, 9.17) is 4.55 Å². The lowest BCUT2D eigenvalue weighted by atomic mass is 10.2. The Balaban J connectivity index is 3.47. The summed E-state index contributed by atoms with van der Waals surface area (Å²) in [5.74, 6) is 0. The topological polar surface area (TPSA) is 83.8 Å². The van der Waals surface area contributed by atoms with E-state index in [9.17, 15) is 13.3 Å². The van der Waals surface area contributed by atoms with Gasteiger partial charge in [-0.05, 0) is 29.8 Å². The molecule has 0 saturated carbocycles. The van der Waals surface area contributed by atoms with E-state index >= 15 is 0 Å². The van der Waals surface area contributed by atoms with Crippen LogP contribution in [0.5, 0.6) is 0 Å². The molecule has 1 N–H and O–H groups in total. The van der Waals surface area contributed by atoms with Crippen molar-refractivity contribution in [1.29, 1.82) is 0 Å². The first-order chi connectivity index (χ1) is 5.95. The lowest BCUT2D eigenvalue weighted by Crippen LogP contribution is -1.98. The summed E-state index contributed by atoms with van der Waals surface area (Å²) in [4.78, 5) is 9.74. The van der Waals surface area contributed by atoms with Crippen LogP contribution in [0, 0.1) is 11.8 Å². The maximum absolute atomic E-state index is 10.7. The first kappa shape index (κ1) is 9.82. The number of nitroso groups, excluding NO2 is 1. The summed E-state index contributed by atoms with van der Waals surface area (Å²) in [5, 5.41) is 2.51. The van der Waals surface area contributed by atoms with Crippen LogP contribution in [0.15, 0.2) is 28.3 Å². The first-order valence-corrected chi connectivity index (χ1v) is 4.80. The van der Waals surface area contributed by atoms with Crippen molar-refractivity contribution in [2.24, 2.45) is 5.18 Å². The molecule has 0 bridgehead atoms. The van der Waals surface area contributed by atoms with Crippen molar-refractivity contribution in [2.45, 2.75) is 11.8 Å². The second kappa shape index (κ2) is 3.23. The van der Waals surface area contributed by atoms with E-state index in [0.717, 1.165) is 6.07 Å². The van der Waals surface area contributed by atoms with Crippen molar-refractivity contribution in [1.82, 2.24) is 0 Å². The minimum Gasteiger partial charge on any atom is -0.282 e. The van der Waals surface area contributed by atoms with E-state index in [0.29, 0.717) is 5.56 Å². The van der Waals surface area contributed by atoms with E-state index in [1.807, 2.05) is 0 Å². The quantitative estimate of drug-likeness (QED) is 0.582. The van der Waals surface area contributed by atoms with Crippen LogP contribution in [0.25, 0.3) is 0 Å². The molecule has 0 spiro atoms. The van der Waals surface area contributed by atoms with Crippen LogP contribution in [0.2, 0.25) is 0 Å². The van der Waals surface area contributed by atoms with Crippen molar-refractivity contribution in [2.75, 3.05) is 0 Å². The van der Waals surface area contributed by atoms with Gasteiger partial charge in [-0.2, -0.15) is 8.42 Å². The zero-order valence-electron chi connectivity index (χ0n) is 6.76. The SMILES string of the molecule is Cc1ccc(S(=O)(=O)O)c(N=O)c1. The molecule has 0 saturated heterocycles. The van der Waals surface area contributed by atoms with Crippen molar-refractivity contribution in [3.8, 4) is 0 Å². The second-order valence-electron chi connectivity index (χ2n) is 2.54. The number of nitrogens with zero attached hydrogens (tertiary/aromatic N) is 1. The van der Waals surface area contributed by atoms with Crippen LogP contribution < -0.4 is 0 Å². The molecule has 5 nitrogen and oxygen atoms in total. The van der Waals surface area contributed by atoms with Gasteiger partial charge >= 0.3 is 0 Å². The molecular formula is C7H7NO4S. The van der Waals surface area contributed by atoms with Crippen LogP contribution >= 0.6 is 0 Å². The average molecular weight is 201 g/mol. The Morgan fingerprint density at radius 1 is 1.38 bits per heavy atom. The predicted molar refractivity (Wildman–Crippen MR) is 46.4 cm³/mol. The van der Waals surface area contributed by atoms with E-state index in [2.05, 4.69) is 5.18 Å². The van der Waals surface area contributed by atoms with Crippen LogP contribution in [0.1, 0.15) is 5.56 Å². The highest BCUT2D eigenvalue weighted by Gasteiger charge is 2.15. The fourth-order valence-electron chi connectivity index (χ4n) is 0.917. The van der Waals surface area contributed by atoms with E-state index < -0.39 is 15.0 Å². The van der Waals surface area contributed by atoms with Crippen molar-refractivity contribution < 1.29 is 13.0 Å². The Hall–Kier alpha value is -1.27. The van der Waals surface area contributed by atoms with Gasteiger partial charge in [0.15, 0.2) is 0 Å². The van der Waals surface area contributed by atoms with E-state index in [-0.39, 0.29) is 5.69 Å². The third-order valence-corrected chi connectivity index (χ3v) is 2.39. The minimum atomic E-state index is -4.36. The van der Waals surface area contributed by atoms with Crippen molar-refractivity contribution in [3.63, 3.8) is 0 Å². The number of benzene rings is 1. The third kappa shape index (κ3) is 2.10. The highest BCUT2D eigenvalue weighted by molar-refractivity contribution is 7.86. The Morgan fingerprint density at radius 2 is 2.00 bits per heavy atom. The Kier molecular flexibility index (Phi) is 2.44. The summed E-state index contributed by atoms with van der Waals surface area (Å²) in [6, 6.07) is 3.90. The maximum atomic E-state index is 10.7. The van der Waals surface area contributed by atoms with Crippen LogP contribution in [0.4, 0.5) is 5.69 Å². The highest BCUT2D eigenvalue weighted by atomic mass is 32.2. The molecule has 1 aromatic rings. The molecule has 0 amide bonds. The van der Waals surface area contributed by atoms with Crippen LogP contribution in [-0.2, 0) is 10.1 Å². The highest BCUT2D eigenvalue weighted by Crippen LogP contribution is 2.24. The molecule has 6 heteroatoms. The second-order valence-corrected chi connectivity index (χ2v) is 3.93. The molecule has 0 aliphatic rings. The lowest BCUT2D eigenvalue weighted by Gasteiger charge is -1.99. The van der Waals surface area contributed by atoms with E-state index in [1.165, 1.54) is 12.1 Å². The number of hydrogen-bond donors (Lipinski definition) is 1. The van der Waals surface area contributed by atoms with Gasteiger partial charge in [0.2, 0.25) is 0 Å². The number of rotatable bonds is 2. The molecular weight excluding hydrogens is 194 g/mol. The summed E-state index contributed by atoms with van der Waals surface area (Å²) in [6.07, 6.45) is 0. The molecule has 0 radical (unpaired) electrons. The van der Waals surface area contributed by atoms with Crippen LogP contribution in [-0.4, -0.2) is 13.0 Å². The normalized spacial score (nSPS) is 11.2. The van der Waals surface area contributed by atoms with Gasteiger partial charge in [0.25, 0.3) is 10.1 Å². The third-order valence-electron chi connectivity index (χ3n) is 1.49. The van der Waals surface area contributed by atoms with Gasteiger partial charge < -0.3 is 0 Å². The Morgan fingerprint density at radius 3 is 2.46 bits per heavy atom. The average Bonchev–Trinajstić information content (AvgIpc) is 2.01. The molecule has 1 aromatic carbocycles. The molecule has 0 fully saturated rings. The molecule has 0 aromatic heterocycles. The molecule has 0 atom stereocenters. The molecule has 1 rings (SSSR count). The van der Waals surface area contributed by atoms with Gasteiger partial charge in [-0.15, -0.1) is 4.91 Å². The summed E-state index contributed by atoms with van der Waals surface area (Å²) >= 11 is 0. The molecule has 70 valence electrons. The van der Waals surface area contributed by atoms with Gasteiger partial charge in [0.05, 0.1) is 0 Å². The van der Waals surface area contributed by atoms with Crippen molar-refractivity contribution >= 4 is 15.8 Å². The molecule has 0 aliphatic carbocycles. The Bertz CT molecular complexity index is 438. The van der Waals surface area contributed by atoms with Crippen LogP contribution in [0.3, 0.4) is 0 Å². The predicted octanol–water partition coefficient (Wildman–Crippen LogP) is 1.64. The molecule has 0 heterocycles.